The van der Waals surface area contributed by atoms with Gasteiger partial charge in [-0.25, -0.2) is 9.78 Å². The second kappa shape index (κ2) is 16.0. The molecule has 0 aliphatic rings. The summed E-state index contributed by atoms with van der Waals surface area (Å²) in [7, 11) is 0. The van der Waals surface area contributed by atoms with Crippen molar-refractivity contribution in [1.29, 1.82) is 0 Å². The molecule has 0 bridgehead atoms. The number of hydrogen-bond acceptors (Lipinski definition) is 9. The van der Waals surface area contributed by atoms with Gasteiger partial charge in [-0.1, -0.05) is 0 Å². The number of amides is 3. The average Bonchev–Trinajstić information content (AvgIpc) is 3.31. The molecule has 1 rings (SSSR count). The van der Waals surface area contributed by atoms with Crippen LogP contribution in [0.3, 0.4) is 0 Å². The molecule has 4 atom stereocenters. The third-order valence-corrected chi connectivity index (χ3v) is 6.10. The van der Waals surface area contributed by atoms with E-state index in [1.807, 2.05) is 12.5 Å². The second-order valence-corrected chi connectivity index (χ2v) is 9.54. The van der Waals surface area contributed by atoms with Crippen molar-refractivity contribution in [2.75, 3.05) is 24.0 Å². The molecule has 3 amide bonds. The van der Waals surface area contributed by atoms with Crippen LogP contribution in [0.1, 0.15) is 25.0 Å². The molecular formula is C20H32N6O7S2. The number of H-pyrrole nitrogens is 1. The van der Waals surface area contributed by atoms with Gasteiger partial charge < -0.3 is 36.9 Å². The lowest BCUT2D eigenvalue weighted by molar-refractivity contribution is -0.142. The number of carboxylic acids is 2. The van der Waals surface area contributed by atoms with E-state index in [-0.39, 0.29) is 19.3 Å². The maximum atomic E-state index is 13.0. The van der Waals surface area contributed by atoms with Crippen LogP contribution in [0.2, 0.25) is 0 Å². The van der Waals surface area contributed by atoms with Gasteiger partial charge in [0.05, 0.1) is 18.8 Å². The number of nitrogens with two attached hydrogens (primary N) is 1. The van der Waals surface area contributed by atoms with Gasteiger partial charge in [-0.2, -0.15) is 23.5 Å². The molecule has 0 aromatic carbocycles. The third kappa shape index (κ3) is 11.5. The van der Waals surface area contributed by atoms with Crippen molar-refractivity contribution in [3.8, 4) is 0 Å². The molecule has 0 radical (unpaired) electrons. The minimum atomic E-state index is -1.34. The van der Waals surface area contributed by atoms with E-state index in [9.17, 15) is 29.1 Å². The second-order valence-electron chi connectivity index (χ2n) is 7.57. The normalized spacial score (nSPS) is 14.3. The number of aromatic nitrogens is 2. The predicted molar refractivity (Wildman–Crippen MR) is 132 cm³/mol. The molecule has 1 heterocycles. The van der Waals surface area contributed by atoms with Gasteiger partial charge in [0.1, 0.15) is 18.1 Å². The minimum Gasteiger partial charge on any atom is -0.481 e. The molecule has 13 nitrogen and oxygen atoms in total. The lowest BCUT2D eigenvalue weighted by Crippen LogP contribution is -2.57. The molecule has 35 heavy (non-hydrogen) atoms. The Balaban J connectivity index is 2.93. The van der Waals surface area contributed by atoms with E-state index < -0.39 is 60.2 Å². The Hall–Kier alpha value is -2.78. The van der Waals surface area contributed by atoms with E-state index in [1.54, 1.807) is 0 Å². The first-order chi connectivity index (χ1) is 16.6. The van der Waals surface area contributed by atoms with Crippen molar-refractivity contribution < 1.29 is 34.2 Å². The lowest BCUT2D eigenvalue weighted by Gasteiger charge is -2.25. The van der Waals surface area contributed by atoms with Gasteiger partial charge in [0.25, 0.3) is 0 Å². The number of carbonyl (C=O) groups is 5. The summed E-state index contributed by atoms with van der Waals surface area (Å²) in [6.45, 7) is 0. The van der Waals surface area contributed by atoms with Gasteiger partial charge in [0.15, 0.2) is 0 Å². The van der Waals surface area contributed by atoms with Crippen molar-refractivity contribution in [2.45, 2.75) is 49.9 Å². The maximum absolute atomic E-state index is 13.0. The summed E-state index contributed by atoms with van der Waals surface area (Å²) in [6.07, 6.45) is 6.27. The molecular weight excluding hydrogens is 500 g/mol. The number of imidazole rings is 1. The summed E-state index contributed by atoms with van der Waals surface area (Å²) in [5.41, 5.74) is 6.10. The zero-order valence-corrected chi connectivity index (χ0v) is 21.1. The van der Waals surface area contributed by atoms with E-state index >= 15 is 0 Å². The topological polar surface area (TPSA) is 217 Å². The molecule has 0 spiro atoms. The molecule has 0 aliphatic carbocycles. The highest BCUT2D eigenvalue weighted by Gasteiger charge is 2.30. The Kier molecular flexibility index (Phi) is 13.8. The van der Waals surface area contributed by atoms with Crippen LogP contribution >= 0.6 is 23.5 Å². The Bertz CT molecular complexity index is 855. The highest BCUT2D eigenvalue weighted by Crippen LogP contribution is 2.07. The minimum absolute atomic E-state index is 0.0296. The van der Waals surface area contributed by atoms with Crippen LogP contribution in [0.15, 0.2) is 12.5 Å². The first kappa shape index (κ1) is 30.3. The number of carbonyl (C=O) groups excluding carboxylic acids is 3. The molecule has 196 valence electrons. The number of rotatable bonds is 17. The van der Waals surface area contributed by atoms with Crippen molar-refractivity contribution in [3.63, 3.8) is 0 Å². The molecule has 0 fully saturated rings. The zero-order valence-electron chi connectivity index (χ0n) is 19.5. The molecule has 0 aliphatic heterocycles. The van der Waals surface area contributed by atoms with E-state index in [0.29, 0.717) is 17.2 Å². The molecule has 8 N–H and O–H groups in total. The highest BCUT2D eigenvalue weighted by atomic mass is 32.2. The van der Waals surface area contributed by atoms with Gasteiger partial charge in [-0.15, -0.1) is 0 Å². The van der Waals surface area contributed by atoms with Gasteiger partial charge in [-0.05, 0) is 36.9 Å². The highest BCUT2D eigenvalue weighted by molar-refractivity contribution is 7.98. The fraction of sp³-hybridized carbons (Fsp3) is 0.600. The van der Waals surface area contributed by atoms with Crippen LogP contribution in [-0.4, -0.2) is 98.0 Å². The molecule has 4 unspecified atom stereocenters. The van der Waals surface area contributed by atoms with Crippen LogP contribution in [-0.2, 0) is 30.4 Å². The van der Waals surface area contributed by atoms with Crippen LogP contribution in [0.5, 0.6) is 0 Å². The van der Waals surface area contributed by atoms with E-state index in [1.165, 1.54) is 36.0 Å². The summed E-state index contributed by atoms with van der Waals surface area (Å²) in [6, 6.07) is -4.70. The van der Waals surface area contributed by atoms with Crippen LogP contribution in [0, 0.1) is 0 Å². The Labute approximate surface area is 211 Å². The molecule has 0 saturated carbocycles. The number of aromatic amines is 1. The van der Waals surface area contributed by atoms with Crippen molar-refractivity contribution >= 4 is 53.2 Å². The largest absolute Gasteiger partial charge is 0.481 e. The first-order valence-electron chi connectivity index (χ1n) is 10.6. The third-order valence-electron chi connectivity index (χ3n) is 4.81. The van der Waals surface area contributed by atoms with Crippen molar-refractivity contribution in [1.82, 2.24) is 25.9 Å². The Morgan fingerprint density at radius 1 is 0.943 bits per heavy atom. The molecule has 1 aromatic rings. The summed E-state index contributed by atoms with van der Waals surface area (Å²) < 4.78 is 0. The van der Waals surface area contributed by atoms with Gasteiger partial charge >= 0.3 is 11.9 Å². The van der Waals surface area contributed by atoms with Crippen molar-refractivity contribution in [3.05, 3.63) is 18.2 Å². The lowest BCUT2D eigenvalue weighted by atomic mass is 10.1. The van der Waals surface area contributed by atoms with E-state index in [0.717, 1.165) is 0 Å². The van der Waals surface area contributed by atoms with Crippen molar-refractivity contribution in [2.24, 2.45) is 5.73 Å². The predicted octanol–water partition coefficient (Wildman–Crippen LogP) is -1.20. The first-order valence-corrected chi connectivity index (χ1v) is 13.4. The monoisotopic (exact) mass is 532 g/mol. The molecule has 0 saturated heterocycles. The summed E-state index contributed by atoms with van der Waals surface area (Å²) >= 11 is 2.87. The van der Waals surface area contributed by atoms with E-state index in [2.05, 4.69) is 25.9 Å². The van der Waals surface area contributed by atoms with Gasteiger partial charge in [0, 0.05) is 18.3 Å². The Morgan fingerprint density at radius 3 is 1.89 bits per heavy atom. The molecule has 1 aromatic heterocycles. The zero-order chi connectivity index (χ0) is 26.4. The Morgan fingerprint density at radius 2 is 1.46 bits per heavy atom. The number of nitrogens with zero attached hydrogens (tertiary/aromatic N) is 1. The molecule has 15 heteroatoms. The standard InChI is InChI=1S/C20H32N6O7S2/c1-34-5-3-13(24-17(29)12(21)8-16(27)28)18(30)25-14(4-6-35-2)19(31)26-15(20(32)33)7-11-9-22-10-23-11/h9-10,12-15H,3-8,21H2,1-2H3,(H,22,23)(H,24,29)(H,25,30)(H,26,31)(H,27,28)(H,32,33). The average molecular weight is 533 g/mol. The fourth-order valence-corrected chi connectivity index (χ4v) is 3.87. The SMILES string of the molecule is CSCCC(NC(=O)C(N)CC(=O)O)C(=O)NC(CCSC)C(=O)NC(Cc1cnc[nH]1)C(=O)O. The number of nitrogens with one attached hydrogen (secondary N) is 4. The maximum Gasteiger partial charge on any atom is 0.326 e. The summed E-state index contributed by atoms with van der Waals surface area (Å²) in [4.78, 5) is 67.3. The number of carboxylic acid groups (broad SMARTS) is 2. The summed E-state index contributed by atoms with van der Waals surface area (Å²) in [5, 5.41) is 25.8. The summed E-state index contributed by atoms with van der Waals surface area (Å²) in [5.74, 6) is -3.64. The van der Waals surface area contributed by atoms with E-state index in [4.69, 9.17) is 10.8 Å². The number of thioether (sulfide) groups is 2. The number of hydrogen-bond donors (Lipinski definition) is 7. The van der Waals surface area contributed by atoms with Crippen LogP contribution in [0.25, 0.3) is 0 Å². The number of aliphatic carboxylic acids is 2. The van der Waals surface area contributed by atoms with Gasteiger partial charge in [0.2, 0.25) is 17.7 Å². The van der Waals surface area contributed by atoms with Gasteiger partial charge in [-0.3, -0.25) is 19.2 Å². The van der Waals surface area contributed by atoms with Crippen LogP contribution in [0.4, 0.5) is 0 Å². The van der Waals surface area contributed by atoms with Crippen LogP contribution < -0.4 is 21.7 Å². The fourth-order valence-electron chi connectivity index (χ4n) is 2.93. The smallest absolute Gasteiger partial charge is 0.326 e. The quantitative estimate of drug-likeness (QED) is 0.126.